The van der Waals surface area contributed by atoms with Gasteiger partial charge in [-0.2, -0.15) is 0 Å². The summed E-state index contributed by atoms with van der Waals surface area (Å²) in [5.74, 6) is -0.0221. The smallest absolute Gasteiger partial charge is 0.410 e. The Hall–Kier alpha value is -2.22. The molecule has 7 nitrogen and oxygen atoms in total. The second-order valence-corrected chi connectivity index (χ2v) is 7.79. The number of benzene rings is 1. The Kier molecular flexibility index (Phi) is 3.91. The number of rotatable bonds is 3. The second kappa shape index (κ2) is 5.90. The summed E-state index contributed by atoms with van der Waals surface area (Å²) in [6, 6.07) is 3.97. The summed E-state index contributed by atoms with van der Waals surface area (Å²) in [6.45, 7) is 2.91. The zero-order valence-electron chi connectivity index (χ0n) is 14.1. The summed E-state index contributed by atoms with van der Waals surface area (Å²) in [5.41, 5.74) is -0.984. The molecule has 2 aliphatic heterocycles. The van der Waals surface area contributed by atoms with Gasteiger partial charge in [-0.1, -0.05) is 11.6 Å². The normalized spacial score (nSPS) is 28.7. The molecule has 0 atom stereocenters. The minimum absolute atomic E-state index is 0.207. The Balaban J connectivity index is 1.25. The molecule has 0 aromatic heterocycles. The number of alkyl carbamates (subject to hydrolysis) is 1. The number of amides is 2. The van der Waals surface area contributed by atoms with Crippen molar-refractivity contribution in [1.29, 1.82) is 0 Å². The van der Waals surface area contributed by atoms with E-state index in [1.807, 2.05) is 6.92 Å². The number of halogens is 2. The standard InChI is InChI=1S/C17H18ClFN2O5/c1-16(26-13-3-2-10(19)4-12(13)18)5-11(6-16)25-15(23)21-7-17(8-21)9-24-14(22)20-17/h2-4,11H,5-9H2,1H3,(H,20,22). The van der Waals surface area contributed by atoms with E-state index in [4.69, 9.17) is 25.8 Å². The number of cyclic esters (lactones) is 1. The van der Waals surface area contributed by atoms with Crippen LogP contribution < -0.4 is 10.1 Å². The highest BCUT2D eigenvalue weighted by atomic mass is 35.5. The molecular weight excluding hydrogens is 367 g/mol. The van der Waals surface area contributed by atoms with E-state index < -0.39 is 29.1 Å². The Morgan fingerprint density at radius 1 is 1.42 bits per heavy atom. The molecule has 0 unspecified atom stereocenters. The van der Waals surface area contributed by atoms with Gasteiger partial charge in [0.1, 0.15) is 35.4 Å². The van der Waals surface area contributed by atoms with Crippen molar-refractivity contribution in [3.63, 3.8) is 0 Å². The highest BCUT2D eigenvalue weighted by Crippen LogP contribution is 2.41. The Labute approximate surface area is 154 Å². The fourth-order valence-electron chi connectivity index (χ4n) is 3.59. The number of hydrogen-bond donors (Lipinski definition) is 1. The average molecular weight is 385 g/mol. The van der Waals surface area contributed by atoms with Crippen molar-refractivity contribution >= 4 is 23.8 Å². The van der Waals surface area contributed by atoms with Gasteiger partial charge < -0.3 is 24.4 Å². The van der Waals surface area contributed by atoms with Crippen LogP contribution in [-0.2, 0) is 9.47 Å². The van der Waals surface area contributed by atoms with Crippen LogP contribution in [0.5, 0.6) is 5.75 Å². The molecule has 1 aliphatic carbocycles. The third kappa shape index (κ3) is 3.13. The zero-order valence-corrected chi connectivity index (χ0v) is 14.8. The SMILES string of the molecule is CC1(Oc2ccc(F)cc2Cl)CC(OC(=O)N2CC3(COC(=O)N3)C2)C1. The maximum atomic E-state index is 13.1. The van der Waals surface area contributed by atoms with Crippen LogP contribution in [-0.4, -0.2) is 54.0 Å². The third-order valence-corrected chi connectivity index (χ3v) is 5.22. The minimum Gasteiger partial charge on any atom is -0.486 e. The van der Waals surface area contributed by atoms with Gasteiger partial charge >= 0.3 is 12.2 Å². The van der Waals surface area contributed by atoms with Crippen LogP contribution >= 0.6 is 11.6 Å². The van der Waals surface area contributed by atoms with E-state index in [1.165, 1.54) is 23.1 Å². The molecule has 3 aliphatic rings. The van der Waals surface area contributed by atoms with Gasteiger partial charge in [0.2, 0.25) is 0 Å². The van der Waals surface area contributed by atoms with Crippen molar-refractivity contribution in [3.05, 3.63) is 29.0 Å². The number of likely N-dealkylation sites (tertiary alicyclic amines) is 1. The number of nitrogens with zero attached hydrogens (tertiary/aromatic N) is 1. The first-order valence-electron chi connectivity index (χ1n) is 8.31. The van der Waals surface area contributed by atoms with Crippen LogP contribution in [0.25, 0.3) is 0 Å². The molecule has 1 aromatic carbocycles. The lowest BCUT2D eigenvalue weighted by atomic mass is 9.78. The van der Waals surface area contributed by atoms with Crippen LogP contribution in [0.1, 0.15) is 19.8 Å². The predicted octanol–water partition coefficient (Wildman–Crippen LogP) is 2.71. The van der Waals surface area contributed by atoms with Crippen molar-refractivity contribution < 1.29 is 28.2 Å². The average Bonchev–Trinajstić information content (AvgIpc) is 2.89. The summed E-state index contributed by atoms with van der Waals surface area (Å²) in [4.78, 5) is 24.8. The number of nitrogens with one attached hydrogen (secondary N) is 1. The zero-order chi connectivity index (χ0) is 18.5. The van der Waals surface area contributed by atoms with Gasteiger partial charge in [-0.3, -0.25) is 0 Å². The number of carbonyl (C=O) groups excluding carboxylic acids is 2. The molecule has 0 bridgehead atoms. The first kappa shape index (κ1) is 17.2. The highest BCUT2D eigenvalue weighted by Gasteiger charge is 2.53. The van der Waals surface area contributed by atoms with E-state index >= 15 is 0 Å². The van der Waals surface area contributed by atoms with Crippen LogP contribution in [0.2, 0.25) is 5.02 Å². The van der Waals surface area contributed by atoms with Crippen LogP contribution in [0.15, 0.2) is 18.2 Å². The predicted molar refractivity (Wildman–Crippen MR) is 88.7 cm³/mol. The van der Waals surface area contributed by atoms with Gasteiger partial charge in [0.05, 0.1) is 18.1 Å². The largest absolute Gasteiger partial charge is 0.486 e. The van der Waals surface area contributed by atoms with Crippen LogP contribution in [0.4, 0.5) is 14.0 Å². The van der Waals surface area contributed by atoms with Gasteiger partial charge in [-0.05, 0) is 25.1 Å². The van der Waals surface area contributed by atoms with Gasteiger partial charge in [-0.25, -0.2) is 14.0 Å². The molecule has 2 heterocycles. The van der Waals surface area contributed by atoms with Crippen molar-refractivity contribution in [2.24, 2.45) is 0 Å². The molecule has 3 fully saturated rings. The van der Waals surface area contributed by atoms with E-state index in [2.05, 4.69) is 5.32 Å². The molecular formula is C17H18ClFN2O5. The number of hydrogen-bond acceptors (Lipinski definition) is 5. The van der Waals surface area contributed by atoms with E-state index in [9.17, 15) is 14.0 Å². The first-order chi connectivity index (χ1) is 12.3. The molecule has 4 rings (SSSR count). The number of carbonyl (C=O) groups is 2. The number of ether oxygens (including phenoxy) is 3. The second-order valence-electron chi connectivity index (χ2n) is 7.38. The quantitative estimate of drug-likeness (QED) is 0.867. The molecule has 0 radical (unpaired) electrons. The first-order valence-corrected chi connectivity index (χ1v) is 8.68. The molecule has 2 saturated heterocycles. The van der Waals surface area contributed by atoms with Gasteiger partial charge in [0.15, 0.2) is 0 Å². The summed E-state index contributed by atoms with van der Waals surface area (Å²) in [6.07, 6.45) is -0.0815. The van der Waals surface area contributed by atoms with Gasteiger partial charge in [0.25, 0.3) is 0 Å². The fourth-order valence-corrected chi connectivity index (χ4v) is 3.79. The van der Waals surface area contributed by atoms with E-state index in [0.717, 1.165) is 0 Å². The van der Waals surface area contributed by atoms with Crippen molar-refractivity contribution in [1.82, 2.24) is 10.2 Å². The topological polar surface area (TPSA) is 77.1 Å². The van der Waals surface area contributed by atoms with Crippen LogP contribution in [0.3, 0.4) is 0 Å². The maximum Gasteiger partial charge on any atom is 0.410 e. The van der Waals surface area contributed by atoms with Crippen LogP contribution in [0, 0.1) is 5.82 Å². The lowest BCUT2D eigenvalue weighted by Crippen LogP contribution is -2.70. The lowest BCUT2D eigenvalue weighted by molar-refractivity contribution is -0.0985. The fraction of sp³-hybridized carbons (Fsp3) is 0.529. The van der Waals surface area contributed by atoms with E-state index in [1.54, 1.807) is 0 Å². The Bertz CT molecular complexity index is 762. The highest BCUT2D eigenvalue weighted by molar-refractivity contribution is 6.32. The summed E-state index contributed by atoms with van der Waals surface area (Å²) < 4.78 is 29.3. The van der Waals surface area contributed by atoms with Gasteiger partial charge in [0, 0.05) is 12.8 Å². The summed E-state index contributed by atoms with van der Waals surface area (Å²) in [5, 5.41) is 2.92. The van der Waals surface area contributed by atoms with Crippen molar-refractivity contribution in [3.8, 4) is 5.75 Å². The Morgan fingerprint density at radius 3 is 2.77 bits per heavy atom. The van der Waals surface area contributed by atoms with Crippen molar-refractivity contribution in [2.45, 2.75) is 37.0 Å². The molecule has 1 spiro atoms. The summed E-state index contributed by atoms with van der Waals surface area (Å²) >= 11 is 5.98. The molecule has 26 heavy (non-hydrogen) atoms. The molecule has 9 heteroatoms. The molecule has 1 saturated carbocycles. The molecule has 140 valence electrons. The monoisotopic (exact) mass is 384 g/mol. The molecule has 2 amide bonds. The van der Waals surface area contributed by atoms with E-state index in [0.29, 0.717) is 31.7 Å². The van der Waals surface area contributed by atoms with E-state index in [-0.39, 0.29) is 17.7 Å². The Morgan fingerprint density at radius 2 is 2.15 bits per heavy atom. The third-order valence-electron chi connectivity index (χ3n) is 4.93. The minimum atomic E-state index is -0.518. The van der Waals surface area contributed by atoms with Crippen molar-refractivity contribution in [2.75, 3.05) is 19.7 Å². The maximum absolute atomic E-state index is 13.1. The molecule has 1 aromatic rings. The molecule has 1 N–H and O–H groups in total. The lowest BCUT2D eigenvalue weighted by Gasteiger charge is -2.48. The summed E-state index contributed by atoms with van der Waals surface area (Å²) in [7, 11) is 0. The van der Waals surface area contributed by atoms with Gasteiger partial charge in [-0.15, -0.1) is 0 Å².